The number of carbonyl (C=O) groups is 1. The SMILES string of the molecule is N#Cc1c(F)ccc(CCNCCN(CCCO)C(=O)Cc2ccc(-n3cnnn3)nc2)c1Cl. The smallest absolute Gasteiger partial charge is 0.227 e. The Kier molecular flexibility index (Phi) is 9.40. The van der Waals surface area contributed by atoms with Crippen molar-refractivity contribution >= 4 is 17.5 Å². The Morgan fingerprint density at radius 3 is 2.79 bits per heavy atom. The molecule has 178 valence electrons. The number of hydrogen-bond donors (Lipinski definition) is 2. The summed E-state index contributed by atoms with van der Waals surface area (Å²) in [6, 6.07) is 8.11. The van der Waals surface area contributed by atoms with Crippen LogP contribution in [0.4, 0.5) is 4.39 Å². The monoisotopic (exact) mass is 486 g/mol. The molecule has 2 N–H and O–H groups in total. The van der Waals surface area contributed by atoms with E-state index in [1.54, 1.807) is 35.4 Å². The number of tetrazole rings is 1. The predicted octanol–water partition coefficient (Wildman–Crippen LogP) is 1.31. The molecule has 1 amide bonds. The molecule has 0 radical (unpaired) electrons. The largest absolute Gasteiger partial charge is 0.396 e. The van der Waals surface area contributed by atoms with Gasteiger partial charge in [0.2, 0.25) is 5.91 Å². The highest BCUT2D eigenvalue weighted by Gasteiger charge is 2.15. The van der Waals surface area contributed by atoms with E-state index in [1.165, 1.54) is 17.1 Å². The maximum absolute atomic E-state index is 13.6. The third kappa shape index (κ3) is 6.77. The standard InChI is InChI=1S/C22H24ClFN8O2/c23-22-17(3-4-19(24)18(22)13-25)6-7-26-8-10-31(9-1-11-33)21(34)12-16-2-5-20(27-14-16)32-15-28-29-30-32/h2-5,14-15,26,33H,1,6-12H2. The average Bonchev–Trinajstić information content (AvgIpc) is 3.38. The molecule has 0 unspecified atom stereocenters. The molecular weight excluding hydrogens is 463 g/mol. The lowest BCUT2D eigenvalue weighted by atomic mass is 10.1. The average molecular weight is 487 g/mol. The summed E-state index contributed by atoms with van der Waals surface area (Å²) in [5, 5.41) is 32.5. The lowest BCUT2D eigenvalue weighted by Gasteiger charge is -2.23. The van der Waals surface area contributed by atoms with E-state index in [0.29, 0.717) is 50.4 Å². The first-order chi connectivity index (χ1) is 16.5. The van der Waals surface area contributed by atoms with Gasteiger partial charge in [0.1, 0.15) is 23.8 Å². The molecule has 0 saturated heterocycles. The van der Waals surface area contributed by atoms with Crippen LogP contribution in [0.25, 0.3) is 5.82 Å². The van der Waals surface area contributed by atoms with Crippen LogP contribution in [0.2, 0.25) is 5.02 Å². The van der Waals surface area contributed by atoms with Gasteiger partial charge < -0.3 is 15.3 Å². The quantitative estimate of drug-likeness (QED) is 0.366. The Morgan fingerprint density at radius 1 is 1.26 bits per heavy atom. The fourth-order valence-corrected chi connectivity index (χ4v) is 3.58. The Labute approximate surface area is 201 Å². The van der Waals surface area contributed by atoms with Crippen LogP contribution in [0.15, 0.2) is 36.8 Å². The van der Waals surface area contributed by atoms with E-state index in [4.69, 9.17) is 16.9 Å². The normalized spacial score (nSPS) is 10.8. The van der Waals surface area contributed by atoms with Gasteiger partial charge in [-0.25, -0.2) is 9.37 Å². The highest BCUT2D eigenvalue weighted by Crippen LogP contribution is 2.23. The van der Waals surface area contributed by atoms with Crippen molar-refractivity contribution in [1.82, 2.24) is 35.4 Å². The zero-order valence-electron chi connectivity index (χ0n) is 18.4. The Hall–Kier alpha value is -3.46. The van der Waals surface area contributed by atoms with Crippen LogP contribution in [0, 0.1) is 17.1 Å². The maximum atomic E-state index is 13.6. The summed E-state index contributed by atoms with van der Waals surface area (Å²) in [4.78, 5) is 18.8. The minimum atomic E-state index is -0.637. The number of nitrogens with zero attached hydrogens (tertiary/aromatic N) is 7. The maximum Gasteiger partial charge on any atom is 0.227 e. The van der Waals surface area contributed by atoms with E-state index < -0.39 is 5.82 Å². The highest BCUT2D eigenvalue weighted by atomic mass is 35.5. The van der Waals surface area contributed by atoms with Crippen molar-refractivity contribution in [2.24, 2.45) is 0 Å². The number of hydrogen-bond acceptors (Lipinski definition) is 8. The van der Waals surface area contributed by atoms with Gasteiger partial charge in [-0.2, -0.15) is 9.94 Å². The Balaban J connectivity index is 1.49. The first-order valence-corrected chi connectivity index (χ1v) is 11.1. The summed E-state index contributed by atoms with van der Waals surface area (Å²) < 4.78 is 15.0. The number of carbonyl (C=O) groups excluding carboxylic acids is 1. The van der Waals surface area contributed by atoms with Crippen LogP contribution in [0.3, 0.4) is 0 Å². The van der Waals surface area contributed by atoms with Crippen molar-refractivity contribution in [2.45, 2.75) is 19.3 Å². The van der Waals surface area contributed by atoms with Gasteiger partial charge in [-0.1, -0.05) is 23.7 Å². The Bertz CT molecular complexity index is 1120. The lowest BCUT2D eigenvalue weighted by Crippen LogP contribution is -2.39. The fourth-order valence-electron chi connectivity index (χ4n) is 3.29. The van der Waals surface area contributed by atoms with Crippen molar-refractivity contribution in [1.29, 1.82) is 5.26 Å². The number of aliphatic hydroxyl groups is 1. The summed E-state index contributed by atoms with van der Waals surface area (Å²) in [5.74, 6) is -0.166. The Morgan fingerprint density at radius 2 is 2.12 bits per heavy atom. The number of amides is 1. The number of halogens is 2. The van der Waals surface area contributed by atoms with Gasteiger partial charge in [0.25, 0.3) is 0 Å². The van der Waals surface area contributed by atoms with Crippen molar-refractivity contribution in [3.05, 3.63) is 64.3 Å². The summed E-state index contributed by atoms with van der Waals surface area (Å²) in [7, 11) is 0. The van der Waals surface area contributed by atoms with Crippen LogP contribution in [0.1, 0.15) is 23.1 Å². The number of nitrogens with one attached hydrogen (secondary N) is 1. The van der Waals surface area contributed by atoms with Crippen LogP contribution in [-0.4, -0.2) is 73.9 Å². The van der Waals surface area contributed by atoms with Crippen molar-refractivity contribution < 1.29 is 14.3 Å². The molecule has 10 nitrogen and oxygen atoms in total. The predicted molar refractivity (Wildman–Crippen MR) is 122 cm³/mol. The molecule has 0 fully saturated rings. The zero-order chi connectivity index (χ0) is 24.3. The third-order valence-corrected chi connectivity index (χ3v) is 5.53. The van der Waals surface area contributed by atoms with E-state index >= 15 is 0 Å². The van der Waals surface area contributed by atoms with Crippen molar-refractivity contribution in [3.63, 3.8) is 0 Å². The summed E-state index contributed by atoms with van der Waals surface area (Å²) in [5.41, 5.74) is 1.28. The minimum absolute atomic E-state index is 0.0102. The highest BCUT2D eigenvalue weighted by molar-refractivity contribution is 6.32. The molecule has 2 aromatic heterocycles. The van der Waals surface area contributed by atoms with Crippen molar-refractivity contribution in [3.8, 4) is 11.9 Å². The van der Waals surface area contributed by atoms with Crippen LogP contribution in [0.5, 0.6) is 0 Å². The van der Waals surface area contributed by atoms with Gasteiger partial charge in [0.05, 0.1) is 11.4 Å². The topological polar surface area (TPSA) is 133 Å². The summed E-state index contributed by atoms with van der Waals surface area (Å²) >= 11 is 6.11. The van der Waals surface area contributed by atoms with Gasteiger partial charge in [0, 0.05) is 32.4 Å². The van der Waals surface area contributed by atoms with E-state index in [2.05, 4.69) is 25.8 Å². The molecule has 12 heteroatoms. The number of rotatable bonds is 12. The second-order valence-electron chi connectivity index (χ2n) is 7.42. The van der Waals surface area contributed by atoms with Crippen molar-refractivity contribution in [2.75, 3.05) is 32.8 Å². The molecule has 3 aromatic rings. The van der Waals surface area contributed by atoms with Gasteiger partial charge >= 0.3 is 0 Å². The molecule has 0 aliphatic rings. The van der Waals surface area contributed by atoms with E-state index in [1.807, 2.05) is 0 Å². The molecule has 0 spiro atoms. The summed E-state index contributed by atoms with van der Waals surface area (Å²) in [6.45, 7) is 1.94. The number of aliphatic hydroxyl groups excluding tert-OH is 1. The lowest BCUT2D eigenvalue weighted by molar-refractivity contribution is -0.130. The zero-order valence-corrected chi connectivity index (χ0v) is 19.1. The van der Waals surface area contributed by atoms with Crippen LogP contribution >= 0.6 is 11.6 Å². The van der Waals surface area contributed by atoms with Crippen LogP contribution in [-0.2, 0) is 17.6 Å². The molecule has 0 atom stereocenters. The molecule has 2 heterocycles. The number of aromatic nitrogens is 5. The number of nitriles is 1. The van der Waals surface area contributed by atoms with E-state index in [-0.39, 0.29) is 29.5 Å². The molecule has 34 heavy (non-hydrogen) atoms. The van der Waals surface area contributed by atoms with Gasteiger partial charge in [0.15, 0.2) is 5.82 Å². The molecule has 0 bridgehead atoms. The molecular formula is C22H24ClFN8O2. The fraction of sp³-hybridized carbons (Fsp3) is 0.364. The molecule has 3 rings (SSSR count). The third-order valence-electron chi connectivity index (χ3n) is 5.10. The first kappa shape index (κ1) is 25.2. The van der Waals surface area contributed by atoms with E-state index in [9.17, 15) is 14.3 Å². The number of pyridine rings is 1. The second-order valence-corrected chi connectivity index (χ2v) is 7.80. The molecule has 0 saturated carbocycles. The second kappa shape index (κ2) is 12.7. The summed E-state index contributed by atoms with van der Waals surface area (Å²) in [6.07, 6.45) is 4.21. The minimum Gasteiger partial charge on any atom is -0.396 e. The van der Waals surface area contributed by atoms with Gasteiger partial charge in [-0.05, 0) is 53.1 Å². The first-order valence-electron chi connectivity index (χ1n) is 10.7. The number of benzene rings is 1. The van der Waals surface area contributed by atoms with Crippen LogP contribution < -0.4 is 5.32 Å². The van der Waals surface area contributed by atoms with Gasteiger partial charge in [-0.3, -0.25) is 4.79 Å². The van der Waals surface area contributed by atoms with E-state index in [0.717, 1.165) is 5.56 Å². The molecule has 0 aliphatic heterocycles. The molecule has 0 aliphatic carbocycles. The molecule has 1 aromatic carbocycles. The van der Waals surface area contributed by atoms with Gasteiger partial charge in [-0.15, -0.1) is 5.10 Å².